The van der Waals surface area contributed by atoms with Crippen LogP contribution in [0.3, 0.4) is 0 Å². The Morgan fingerprint density at radius 1 is 0.636 bits per heavy atom. The van der Waals surface area contributed by atoms with E-state index in [9.17, 15) is 4.57 Å². The molecule has 1 aliphatic rings. The molecule has 0 saturated carbocycles. The van der Waals surface area contributed by atoms with Crippen LogP contribution < -0.4 is 14.6 Å². The normalized spacial score (nSPS) is 14.8. The molecule has 224 valence electrons. The van der Waals surface area contributed by atoms with Gasteiger partial charge in [0.2, 0.25) is 0 Å². The molecule has 6 rings (SSSR count). The topological polar surface area (TPSA) is 66.0 Å². The quantitative estimate of drug-likeness (QED) is 0.144. The zero-order valence-corrected chi connectivity index (χ0v) is 25.4. The summed E-state index contributed by atoms with van der Waals surface area (Å²) in [7, 11) is -4.13. The van der Waals surface area contributed by atoms with Crippen LogP contribution in [0, 0.1) is 0 Å². The summed E-state index contributed by atoms with van der Waals surface area (Å²) in [5.74, 6) is 0.897. The van der Waals surface area contributed by atoms with Gasteiger partial charge in [-0.05, 0) is 58.5 Å². The number of fused-ring (bicyclic) bond motifs is 1. The van der Waals surface area contributed by atoms with E-state index in [4.69, 9.17) is 18.3 Å². The van der Waals surface area contributed by atoms with Crippen LogP contribution in [-0.2, 0) is 39.9 Å². The number of phosphoric ester groups is 1. The van der Waals surface area contributed by atoms with Crippen LogP contribution in [0.4, 0.5) is 0 Å². The molecular formula is C37H36NO5P. The lowest BCUT2D eigenvalue weighted by Crippen LogP contribution is -2.20. The Bertz CT molecular complexity index is 1620. The molecular weight excluding hydrogens is 569 g/mol. The van der Waals surface area contributed by atoms with Crippen LogP contribution in [-0.4, -0.2) is 13.1 Å². The maximum Gasteiger partial charge on any atom is 0.530 e. The lowest BCUT2D eigenvalue weighted by atomic mass is 9.88. The highest BCUT2D eigenvalue weighted by molar-refractivity contribution is 7.48. The predicted octanol–water partition coefficient (Wildman–Crippen LogP) is 8.46. The van der Waals surface area contributed by atoms with E-state index < -0.39 is 7.82 Å². The van der Waals surface area contributed by atoms with E-state index in [-0.39, 0.29) is 19.1 Å². The highest BCUT2D eigenvalue weighted by Crippen LogP contribution is 2.54. The Morgan fingerprint density at radius 2 is 1.16 bits per heavy atom. The SMILES string of the molecule is O=P(OCc1ccccc1)(OCc1ccccc1)Oc1cc2c(cc1OCc1ccccc1)CCNCC2c1ccccc1. The van der Waals surface area contributed by atoms with Crippen molar-refractivity contribution in [2.45, 2.75) is 32.2 Å². The van der Waals surface area contributed by atoms with Crippen LogP contribution in [0.5, 0.6) is 11.5 Å². The van der Waals surface area contributed by atoms with Crippen LogP contribution in [0.2, 0.25) is 0 Å². The molecule has 1 heterocycles. The second-order valence-corrected chi connectivity index (χ2v) is 12.3. The number of hydrogen-bond donors (Lipinski definition) is 1. The third kappa shape index (κ3) is 7.85. The number of rotatable bonds is 12. The molecule has 0 spiro atoms. The molecule has 0 aromatic heterocycles. The molecule has 0 fully saturated rings. The Balaban J connectivity index is 1.37. The molecule has 0 bridgehead atoms. The molecule has 5 aromatic carbocycles. The van der Waals surface area contributed by atoms with E-state index in [2.05, 4.69) is 29.6 Å². The van der Waals surface area contributed by atoms with Crippen LogP contribution in [0.15, 0.2) is 133 Å². The van der Waals surface area contributed by atoms with Gasteiger partial charge in [0.25, 0.3) is 0 Å². The summed E-state index contributed by atoms with van der Waals surface area (Å²) in [4.78, 5) is 0. The van der Waals surface area contributed by atoms with Crippen LogP contribution in [0.25, 0.3) is 0 Å². The van der Waals surface area contributed by atoms with E-state index in [0.29, 0.717) is 18.1 Å². The molecule has 44 heavy (non-hydrogen) atoms. The molecule has 1 atom stereocenters. The third-order valence-electron chi connectivity index (χ3n) is 7.61. The summed E-state index contributed by atoms with van der Waals surface area (Å²) in [6, 6.07) is 43.5. The van der Waals surface area contributed by atoms with Crippen molar-refractivity contribution < 1.29 is 22.9 Å². The smallest absolute Gasteiger partial charge is 0.485 e. The number of hydrogen-bond acceptors (Lipinski definition) is 6. The summed E-state index contributed by atoms with van der Waals surface area (Å²) in [5.41, 5.74) is 6.18. The Hall–Kier alpha value is -4.19. The van der Waals surface area contributed by atoms with Crippen molar-refractivity contribution in [1.29, 1.82) is 0 Å². The zero-order chi connectivity index (χ0) is 30.0. The lowest BCUT2D eigenvalue weighted by molar-refractivity contribution is 0.141. The number of benzene rings is 5. The second-order valence-electron chi connectivity index (χ2n) is 10.7. The minimum absolute atomic E-state index is 0.0641. The van der Waals surface area contributed by atoms with Crippen LogP contribution in [0.1, 0.15) is 39.3 Å². The predicted molar refractivity (Wildman–Crippen MR) is 173 cm³/mol. The minimum atomic E-state index is -4.13. The molecule has 7 heteroatoms. The van der Waals surface area contributed by atoms with Crippen molar-refractivity contribution in [1.82, 2.24) is 5.32 Å². The van der Waals surface area contributed by atoms with Crippen molar-refractivity contribution in [3.63, 3.8) is 0 Å². The monoisotopic (exact) mass is 605 g/mol. The van der Waals surface area contributed by atoms with E-state index in [0.717, 1.165) is 47.3 Å². The molecule has 1 N–H and O–H groups in total. The first-order chi connectivity index (χ1) is 21.7. The number of nitrogens with one attached hydrogen (secondary N) is 1. The van der Waals surface area contributed by atoms with E-state index >= 15 is 0 Å². The van der Waals surface area contributed by atoms with Gasteiger partial charge in [-0.15, -0.1) is 0 Å². The van der Waals surface area contributed by atoms with Gasteiger partial charge in [-0.2, -0.15) is 0 Å². The third-order valence-corrected chi connectivity index (χ3v) is 8.93. The Morgan fingerprint density at radius 3 is 1.73 bits per heavy atom. The largest absolute Gasteiger partial charge is 0.530 e. The average molecular weight is 606 g/mol. The van der Waals surface area contributed by atoms with Gasteiger partial charge in [-0.1, -0.05) is 121 Å². The van der Waals surface area contributed by atoms with Gasteiger partial charge in [0.15, 0.2) is 11.5 Å². The fraction of sp³-hybridized carbons (Fsp3) is 0.189. The van der Waals surface area contributed by atoms with Gasteiger partial charge in [0.05, 0.1) is 13.2 Å². The summed E-state index contributed by atoms with van der Waals surface area (Å²) in [6.45, 7) is 2.07. The molecule has 5 aromatic rings. The molecule has 6 nitrogen and oxygen atoms in total. The summed E-state index contributed by atoms with van der Waals surface area (Å²) >= 11 is 0. The maximum atomic E-state index is 14.4. The Labute approximate surface area is 259 Å². The molecule has 1 unspecified atom stereocenters. The first kappa shape index (κ1) is 29.9. The molecule has 0 amide bonds. The standard InChI is InChI=1S/C37H36NO5P/c39-44(41-27-30-15-7-2-8-16-30,42-28-31-17-9-3-10-18-31)43-37-24-34-33(23-36(37)40-26-29-13-5-1-6-14-29)21-22-38-25-35(34)32-19-11-4-12-20-32/h1-20,23-24,35,38H,21-22,25-28H2. The Kier molecular flexibility index (Phi) is 9.86. The molecule has 1 aliphatic heterocycles. The summed E-state index contributed by atoms with van der Waals surface area (Å²) in [5, 5.41) is 3.58. The highest BCUT2D eigenvalue weighted by Gasteiger charge is 2.32. The molecule has 0 aliphatic carbocycles. The average Bonchev–Trinajstić information content (AvgIpc) is 3.29. The molecule has 0 saturated heterocycles. The highest BCUT2D eigenvalue weighted by atomic mass is 31.2. The zero-order valence-electron chi connectivity index (χ0n) is 24.5. The minimum Gasteiger partial charge on any atom is -0.485 e. The fourth-order valence-corrected chi connectivity index (χ4v) is 6.48. The van der Waals surface area contributed by atoms with Gasteiger partial charge in [-0.3, -0.25) is 9.05 Å². The van der Waals surface area contributed by atoms with Gasteiger partial charge < -0.3 is 14.6 Å². The fourth-order valence-electron chi connectivity index (χ4n) is 5.31. The van der Waals surface area contributed by atoms with Crippen molar-refractivity contribution in [3.8, 4) is 11.5 Å². The number of phosphoric acid groups is 1. The summed E-state index contributed by atoms with van der Waals surface area (Å²) < 4.78 is 39.1. The first-order valence-electron chi connectivity index (χ1n) is 14.9. The van der Waals surface area contributed by atoms with Gasteiger partial charge in [0.1, 0.15) is 6.61 Å². The van der Waals surface area contributed by atoms with Gasteiger partial charge >= 0.3 is 7.82 Å². The van der Waals surface area contributed by atoms with Gasteiger partial charge in [0, 0.05) is 12.5 Å². The van der Waals surface area contributed by atoms with E-state index in [1.807, 2.05) is 109 Å². The first-order valence-corrected chi connectivity index (χ1v) is 16.4. The van der Waals surface area contributed by atoms with Gasteiger partial charge in [-0.25, -0.2) is 4.57 Å². The van der Waals surface area contributed by atoms with E-state index in [1.54, 1.807) is 0 Å². The molecule has 0 radical (unpaired) electrons. The maximum absolute atomic E-state index is 14.4. The van der Waals surface area contributed by atoms with Crippen molar-refractivity contribution >= 4 is 7.82 Å². The van der Waals surface area contributed by atoms with Crippen LogP contribution >= 0.6 is 7.82 Å². The second kappa shape index (κ2) is 14.5. The van der Waals surface area contributed by atoms with Crippen molar-refractivity contribution in [2.24, 2.45) is 0 Å². The van der Waals surface area contributed by atoms with E-state index in [1.165, 1.54) is 5.56 Å². The van der Waals surface area contributed by atoms with Crippen molar-refractivity contribution in [2.75, 3.05) is 13.1 Å². The van der Waals surface area contributed by atoms with Crippen molar-refractivity contribution in [3.05, 3.63) is 167 Å². The lowest BCUT2D eigenvalue weighted by Gasteiger charge is -2.24. The summed E-state index contributed by atoms with van der Waals surface area (Å²) in [6.07, 6.45) is 0.827. The number of ether oxygens (including phenoxy) is 1.